The number of carbonyl (C=O) groups is 3. The Labute approximate surface area is 242 Å². The molecule has 1 aromatic heterocycles. The molecule has 7 N–H and O–H groups in total. The zero-order valence-electron chi connectivity index (χ0n) is 23.2. The van der Waals surface area contributed by atoms with E-state index in [0.717, 1.165) is 12.8 Å². The minimum Gasteiger partial charge on any atom is -0.394 e. The molecule has 0 saturated carbocycles. The predicted octanol–water partition coefficient (Wildman–Crippen LogP) is 0.759. The van der Waals surface area contributed by atoms with E-state index in [1.807, 2.05) is 4.90 Å². The lowest BCUT2D eigenvalue weighted by Gasteiger charge is -2.30. The third-order valence-electron chi connectivity index (χ3n) is 6.81. The summed E-state index contributed by atoms with van der Waals surface area (Å²) in [6, 6.07) is 14.6. The van der Waals surface area contributed by atoms with Crippen molar-refractivity contribution in [1.29, 1.82) is 0 Å². The molecule has 2 aromatic carbocycles. The van der Waals surface area contributed by atoms with Crippen LogP contribution in [0.15, 0.2) is 65.6 Å². The van der Waals surface area contributed by atoms with Crippen molar-refractivity contribution in [2.75, 3.05) is 30.3 Å². The zero-order chi connectivity index (χ0) is 30.3. The van der Waals surface area contributed by atoms with E-state index >= 15 is 0 Å². The summed E-state index contributed by atoms with van der Waals surface area (Å²) in [6.45, 7) is 2.27. The largest absolute Gasteiger partial charge is 0.394 e. The van der Waals surface area contributed by atoms with Crippen molar-refractivity contribution >= 4 is 29.2 Å². The van der Waals surface area contributed by atoms with Crippen molar-refractivity contribution in [1.82, 2.24) is 14.5 Å². The maximum atomic E-state index is 12.7. The first-order valence-electron chi connectivity index (χ1n) is 13.4. The van der Waals surface area contributed by atoms with E-state index in [2.05, 4.69) is 27.5 Å². The van der Waals surface area contributed by atoms with Gasteiger partial charge in [0.05, 0.1) is 13.2 Å². The molecule has 1 atom stereocenters. The Kier molecular flexibility index (Phi) is 9.49. The monoisotopic (exact) mass is 571 g/mol. The van der Waals surface area contributed by atoms with Crippen molar-refractivity contribution in [2.45, 2.75) is 37.9 Å². The quantitative estimate of drug-likeness (QED) is 0.257. The fraction of sp³-hybridized carbons (Fsp3) is 0.300. The first kappa shape index (κ1) is 30.1. The van der Waals surface area contributed by atoms with Crippen LogP contribution < -0.4 is 27.8 Å². The lowest BCUT2D eigenvalue weighted by atomic mass is 10.0. The summed E-state index contributed by atoms with van der Waals surface area (Å²) in [6.07, 6.45) is 3.08. The normalized spacial score (nSPS) is 14.7. The number of aliphatic hydroxyl groups is 1. The molecule has 0 bridgehead atoms. The van der Waals surface area contributed by atoms with Gasteiger partial charge in [0.25, 0.3) is 11.8 Å². The van der Waals surface area contributed by atoms with Gasteiger partial charge in [0.2, 0.25) is 5.91 Å². The number of hydrogen-bond acceptors (Lipinski definition) is 8. The fourth-order valence-corrected chi connectivity index (χ4v) is 4.07. The average molecular weight is 572 g/mol. The summed E-state index contributed by atoms with van der Waals surface area (Å²) >= 11 is 0. The lowest BCUT2D eigenvalue weighted by molar-refractivity contribution is -0.121. The SMILES string of the molecule is C[C@](N)(CO)C(=O)Nc1ccc(C(=O)Nc2ccn(CC#Cc3ccc(C(=O)N4CCC(N)CC4)cc3)c(=O)n2)cc1. The van der Waals surface area contributed by atoms with Gasteiger partial charge in [0, 0.05) is 47.7 Å². The van der Waals surface area contributed by atoms with E-state index in [9.17, 15) is 24.3 Å². The molecular weight excluding hydrogens is 538 g/mol. The summed E-state index contributed by atoms with van der Waals surface area (Å²) < 4.78 is 1.30. The van der Waals surface area contributed by atoms with E-state index in [1.165, 1.54) is 48.0 Å². The molecule has 218 valence electrons. The molecule has 1 aliphatic heterocycles. The van der Waals surface area contributed by atoms with Crippen molar-refractivity contribution in [3.63, 3.8) is 0 Å². The van der Waals surface area contributed by atoms with Crippen molar-refractivity contribution in [3.8, 4) is 11.8 Å². The molecule has 3 amide bonds. The van der Waals surface area contributed by atoms with Crippen LogP contribution in [0.5, 0.6) is 0 Å². The Morgan fingerprint density at radius 1 is 1.02 bits per heavy atom. The fourth-order valence-electron chi connectivity index (χ4n) is 4.07. The van der Waals surface area contributed by atoms with Gasteiger partial charge in [-0.3, -0.25) is 19.0 Å². The number of nitrogens with two attached hydrogens (primary N) is 2. The molecule has 4 rings (SSSR count). The number of hydrogen-bond donors (Lipinski definition) is 5. The van der Waals surface area contributed by atoms with Crippen LogP contribution >= 0.6 is 0 Å². The molecule has 42 heavy (non-hydrogen) atoms. The van der Waals surface area contributed by atoms with Gasteiger partial charge in [-0.15, -0.1) is 0 Å². The number of aliphatic hydroxyl groups excluding tert-OH is 1. The summed E-state index contributed by atoms with van der Waals surface area (Å²) in [7, 11) is 0. The van der Waals surface area contributed by atoms with Crippen LogP contribution in [0.25, 0.3) is 0 Å². The molecule has 0 unspecified atom stereocenters. The van der Waals surface area contributed by atoms with Gasteiger partial charge >= 0.3 is 5.69 Å². The van der Waals surface area contributed by atoms with E-state index in [-0.39, 0.29) is 29.9 Å². The van der Waals surface area contributed by atoms with Gasteiger partial charge in [-0.1, -0.05) is 11.8 Å². The number of rotatable bonds is 7. The number of amides is 3. The number of anilines is 2. The van der Waals surface area contributed by atoms with Gasteiger partial charge in [-0.25, -0.2) is 4.79 Å². The zero-order valence-corrected chi connectivity index (χ0v) is 23.2. The second-order valence-corrected chi connectivity index (χ2v) is 10.3. The number of nitrogens with one attached hydrogen (secondary N) is 2. The van der Waals surface area contributed by atoms with Crippen molar-refractivity contribution in [3.05, 3.63) is 88.0 Å². The number of piperidine rings is 1. The third kappa shape index (κ3) is 7.67. The van der Waals surface area contributed by atoms with Crippen LogP contribution in [0.2, 0.25) is 0 Å². The highest BCUT2D eigenvalue weighted by Crippen LogP contribution is 2.15. The molecule has 0 aliphatic carbocycles. The van der Waals surface area contributed by atoms with E-state index in [0.29, 0.717) is 29.9 Å². The third-order valence-corrected chi connectivity index (χ3v) is 6.81. The molecule has 0 radical (unpaired) electrons. The first-order valence-corrected chi connectivity index (χ1v) is 13.4. The molecule has 3 aromatic rings. The summed E-state index contributed by atoms with van der Waals surface area (Å²) in [5.41, 5.74) is 11.6. The summed E-state index contributed by atoms with van der Waals surface area (Å²) in [5.74, 6) is 4.88. The average Bonchev–Trinajstić information content (AvgIpc) is 2.99. The Bertz CT molecular complexity index is 1560. The number of nitrogens with zero attached hydrogens (tertiary/aromatic N) is 3. The molecule has 1 saturated heterocycles. The topological polar surface area (TPSA) is 186 Å². The molecular formula is C30H33N7O5. The van der Waals surface area contributed by atoms with Crippen LogP contribution in [0.1, 0.15) is 46.0 Å². The van der Waals surface area contributed by atoms with E-state index in [1.54, 1.807) is 24.3 Å². The van der Waals surface area contributed by atoms with Crippen molar-refractivity contribution < 1.29 is 19.5 Å². The molecule has 12 heteroatoms. The predicted molar refractivity (Wildman–Crippen MR) is 158 cm³/mol. The minimum atomic E-state index is -1.44. The molecule has 12 nitrogen and oxygen atoms in total. The Balaban J connectivity index is 1.31. The maximum absolute atomic E-state index is 12.7. The number of carbonyl (C=O) groups excluding carboxylic acids is 3. The molecule has 0 spiro atoms. The molecule has 1 aliphatic rings. The van der Waals surface area contributed by atoms with Gasteiger partial charge in [-0.05, 0) is 74.4 Å². The van der Waals surface area contributed by atoms with Crippen LogP contribution in [0.4, 0.5) is 11.5 Å². The maximum Gasteiger partial charge on any atom is 0.350 e. The minimum absolute atomic E-state index is 0.0226. The van der Waals surface area contributed by atoms with Crippen molar-refractivity contribution in [2.24, 2.45) is 11.5 Å². The molecule has 1 fully saturated rings. The van der Waals surface area contributed by atoms with E-state index < -0.39 is 29.6 Å². The Morgan fingerprint density at radius 2 is 1.67 bits per heavy atom. The summed E-state index contributed by atoms with van der Waals surface area (Å²) in [4.78, 5) is 55.5. The number of aromatic nitrogens is 2. The van der Waals surface area contributed by atoms with Gasteiger partial charge in [0.15, 0.2) is 0 Å². The highest BCUT2D eigenvalue weighted by molar-refractivity contribution is 6.04. The Morgan fingerprint density at radius 3 is 2.29 bits per heavy atom. The van der Waals surface area contributed by atoms with Crippen LogP contribution in [0.3, 0.4) is 0 Å². The van der Waals surface area contributed by atoms with E-state index in [4.69, 9.17) is 11.5 Å². The Hall–Kier alpha value is -4.83. The lowest BCUT2D eigenvalue weighted by Crippen LogP contribution is -2.51. The van der Waals surface area contributed by atoms with Gasteiger partial charge < -0.3 is 32.1 Å². The smallest absolute Gasteiger partial charge is 0.350 e. The first-order chi connectivity index (χ1) is 20.1. The number of benzene rings is 2. The standard InChI is InChI=1S/C30H33N7O5/c1-30(32,19-38)28(41)33-24-10-8-21(9-11-24)26(39)34-25-14-18-37(29(42)35-25)15-2-3-20-4-6-22(7-5-20)27(40)36-16-12-23(31)13-17-36/h4-11,14,18,23,38H,12-13,15-17,19,31-32H2,1H3,(H,33,41)(H,34,35,39,42)/t30-/m0/s1. The highest BCUT2D eigenvalue weighted by atomic mass is 16.3. The number of likely N-dealkylation sites (tertiary alicyclic amines) is 1. The molecule has 2 heterocycles. The second kappa shape index (κ2) is 13.2. The van der Waals surface area contributed by atoms with Crippen LogP contribution in [-0.2, 0) is 11.3 Å². The second-order valence-electron chi connectivity index (χ2n) is 10.3. The van der Waals surface area contributed by atoms with Gasteiger partial charge in [0.1, 0.15) is 11.4 Å². The van der Waals surface area contributed by atoms with Crippen LogP contribution in [-0.4, -0.2) is 68.6 Å². The highest BCUT2D eigenvalue weighted by Gasteiger charge is 2.27. The van der Waals surface area contributed by atoms with Gasteiger partial charge in [-0.2, -0.15) is 4.98 Å². The summed E-state index contributed by atoms with van der Waals surface area (Å²) in [5, 5.41) is 14.3. The van der Waals surface area contributed by atoms with Crippen LogP contribution in [0, 0.1) is 11.8 Å².